The Morgan fingerprint density at radius 2 is 1.67 bits per heavy atom. The number of carbonyl (C=O) groups is 1. The second-order valence-corrected chi connectivity index (χ2v) is 7.11. The SMILES string of the molecule is CCCc1ccc(N2C(=O)c3ccccc3NC2c2ccccc2Cl)cc1. The van der Waals surface area contributed by atoms with E-state index >= 15 is 0 Å². The first-order valence-corrected chi connectivity index (χ1v) is 9.59. The molecule has 3 nitrogen and oxygen atoms in total. The minimum absolute atomic E-state index is 0.0301. The predicted molar refractivity (Wildman–Crippen MR) is 112 cm³/mol. The number of halogens is 1. The number of nitrogens with zero attached hydrogens (tertiary/aromatic N) is 1. The minimum atomic E-state index is -0.363. The quantitative estimate of drug-likeness (QED) is 0.599. The molecule has 0 radical (unpaired) electrons. The number of hydrogen-bond donors (Lipinski definition) is 1. The highest BCUT2D eigenvalue weighted by Gasteiger charge is 2.34. The van der Waals surface area contributed by atoms with Gasteiger partial charge < -0.3 is 5.32 Å². The Hall–Kier alpha value is -2.78. The van der Waals surface area contributed by atoms with Gasteiger partial charge in [-0.05, 0) is 42.3 Å². The van der Waals surface area contributed by atoms with E-state index in [-0.39, 0.29) is 12.1 Å². The van der Waals surface area contributed by atoms with E-state index in [9.17, 15) is 4.79 Å². The lowest BCUT2D eigenvalue weighted by Gasteiger charge is -2.38. The zero-order valence-electron chi connectivity index (χ0n) is 15.2. The number of nitrogens with one attached hydrogen (secondary N) is 1. The van der Waals surface area contributed by atoms with Gasteiger partial charge in [-0.25, -0.2) is 0 Å². The summed E-state index contributed by atoms with van der Waals surface area (Å²) >= 11 is 6.47. The Kier molecular flexibility index (Phi) is 4.87. The van der Waals surface area contributed by atoms with E-state index in [0.717, 1.165) is 29.8 Å². The monoisotopic (exact) mass is 376 g/mol. The fourth-order valence-electron chi connectivity index (χ4n) is 3.55. The van der Waals surface area contributed by atoms with Crippen molar-refractivity contribution < 1.29 is 4.79 Å². The summed E-state index contributed by atoms with van der Waals surface area (Å²) in [4.78, 5) is 15.2. The molecule has 1 unspecified atom stereocenters. The Bertz CT molecular complexity index is 968. The predicted octanol–water partition coefficient (Wildman–Crippen LogP) is 6.06. The van der Waals surface area contributed by atoms with Gasteiger partial charge >= 0.3 is 0 Å². The molecule has 0 bridgehead atoms. The Morgan fingerprint density at radius 1 is 0.963 bits per heavy atom. The molecule has 0 saturated carbocycles. The van der Waals surface area contributed by atoms with Crippen LogP contribution in [-0.2, 0) is 6.42 Å². The number of para-hydroxylation sites is 1. The number of carbonyl (C=O) groups excluding carboxylic acids is 1. The highest BCUT2D eigenvalue weighted by atomic mass is 35.5. The zero-order chi connectivity index (χ0) is 18.8. The first kappa shape index (κ1) is 17.6. The van der Waals surface area contributed by atoms with Crippen LogP contribution in [-0.4, -0.2) is 5.91 Å². The molecule has 3 aromatic carbocycles. The van der Waals surface area contributed by atoms with Gasteiger partial charge in [-0.15, -0.1) is 0 Å². The summed E-state index contributed by atoms with van der Waals surface area (Å²) in [7, 11) is 0. The van der Waals surface area contributed by atoms with Crippen molar-refractivity contribution in [2.75, 3.05) is 10.2 Å². The van der Waals surface area contributed by atoms with E-state index in [4.69, 9.17) is 11.6 Å². The van der Waals surface area contributed by atoms with Crippen LogP contribution in [0, 0.1) is 0 Å². The van der Waals surface area contributed by atoms with Crippen LogP contribution in [0.25, 0.3) is 0 Å². The van der Waals surface area contributed by atoms with Gasteiger partial charge in [-0.1, -0.05) is 67.4 Å². The van der Waals surface area contributed by atoms with Crippen molar-refractivity contribution in [1.82, 2.24) is 0 Å². The topological polar surface area (TPSA) is 32.3 Å². The lowest BCUT2D eigenvalue weighted by molar-refractivity contribution is 0.0975. The Labute approximate surface area is 164 Å². The fourth-order valence-corrected chi connectivity index (χ4v) is 3.79. The molecule has 0 aromatic heterocycles. The van der Waals surface area contributed by atoms with Gasteiger partial charge in [-0.3, -0.25) is 9.69 Å². The first-order chi connectivity index (χ1) is 13.2. The highest BCUT2D eigenvalue weighted by Crippen LogP contribution is 2.38. The van der Waals surface area contributed by atoms with E-state index in [1.54, 1.807) is 4.90 Å². The molecule has 1 N–H and O–H groups in total. The van der Waals surface area contributed by atoms with Crippen molar-refractivity contribution in [3.05, 3.63) is 94.5 Å². The third-order valence-electron chi connectivity index (χ3n) is 4.88. The van der Waals surface area contributed by atoms with Crippen molar-refractivity contribution >= 4 is 28.9 Å². The van der Waals surface area contributed by atoms with Gasteiger partial charge in [0.15, 0.2) is 0 Å². The maximum absolute atomic E-state index is 13.4. The van der Waals surface area contributed by atoms with Crippen LogP contribution < -0.4 is 10.2 Å². The summed E-state index contributed by atoms with van der Waals surface area (Å²) in [5, 5.41) is 4.13. The van der Waals surface area contributed by atoms with Gasteiger partial charge in [0, 0.05) is 22.0 Å². The van der Waals surface area contributed by atoms with Crippen molar-refractivity contribution in [2.45, 2.75) is 25.9 Å². The lowest BCUT2D eigenvalue weighted by atomic mass is 10.0. The number of fused-ring (bicyclic) bond motifs is 1. The molecule has 0 fully saturated rings. The van der Waals surface area contributed by atoms with Crippen LogP contribution in [0.1, 0.15) is 41.0 Å². The van der Waals surface area contributed by atoms with Crippen LogP contribution in [0.3, 0.4) is 0 Å². The van der Waals surface area contributed by atoms with E-state index in [1.807, 2.05) is 60.7 Å². The van der Waals surface area contributed by atoms with E-state index in [2.05, 4.69) is 24.4 Å². The van der Waals surface area contributed by atoms with E-state index < -0.39 is 0 Å². The molecule has 4 rings (SSSR count). The average Bonchev–Trinajstić information content (AvgIpc) is 2.69. The number of benzene rings is 3. The molecule has 136 valence electrons. The summed E-state index contributed by atoms with van der Waals surface area (Å²) in [6.07, 6.45) is 1.76. The molecular formula is C23H21ClN2O. The van der Waals surface area contributed by atoms with Crippen molar-refractivity contribution in [3.8, 4) is 0 Å². The summed E-state index contributed by atoms with van der Waals surface area (Å²) in [6.45, 7) is 2.16. The van der Waals surface area contributed by atoms with Crippen LogP contribution in [0.15, 0.2) is 72.8 Å². The first-order valence-electron chi connectivity index (χ1n) is 9.21. The largest absolute Gasteiger partial charge is 0.360 e. The third kappa shape index (κ3) is 3.31. The van der Waals surface area contributed by atoms with Gasteiger partial charge in [0.05, 0.1) is 5.56 Å². The second-order valence-electron chi connectivity index (χ2n) is 6.71. The third-order valence-corrected chi connectivity index (χ3v) is 5.22. The number of hydrogen-bond acceptors (Lipinski definition) is 2. The minimum Gasteiger partial charge on any atom is -0.360 e. The second kappa shape index (κ2) is 7.45. The molecule has 0 aliphatic carbocycles. The standard InChI is InChI=1S/C23H21ClN2O/c1-2-7-16-12-14-17(15-13-16)26-22(18-8-3-5-10-20(18)24)25-21-11-6-4-9-19(21)23(26)27/h3-6,8-15,22,25H,2,7H2,1H3. The number of aryl methyl sites for hydroxylation is 1. The number of anilines is 2. The van der Waals surface area contributed by atoms with Crippen LogP contribution in [0.2, 0.25) is 5.02 Å². The summed E-state index contributed by atoms with van der Waals surface area (Å²) in [5.74, 6) is -0.0301. The Balaban J connectivity index is 1.82. The molecule has 1 atom stereocenters. The van der Waals surface area contributed by atoms with Crippen LogP contribution in [0.4, 0.5) is 11.4 Å². The summed E-state index contributed by atoms with van der Waals surface area (Å²) < 4.78 is 0. The molecule has 1 heterocycles. The molecule has 3 aromatic rings. The normalized spacial score (nSPS) is 16.0. The molecule has 27 heavy (non-hydrogen) atoms. The van der Waals surface area contributed by atoms with Crippen molar-refractivity contribution in [2.24, 2.45) is 0 Å². The van der Waals surface area contributed by atoms with Gasteiger partial charge in [0.1, 0.15) is 6.17 Å². The number of rotatable bonds is 4. The van der Waals surface area contributed by atoms with Crippen molar-refractivity contribution in [1.29, 1.82) is 0 Å². The van der Waals surface area contributed by atoms with Crippen molar-refractivity contribution in [3.63, 3.8) is 0 Å². The maximum atomic E-state index is 13.4. The molecule has 0 saturated heterocycles. The van der Waals surface area contributed by atoms with Crippen LogP contribution >= 0.6 is 11.6 Å². The summed E-state index contributed by atoms with van der Waals surface area (Å²) in [6, 6.07) is 23.5. The van der Waals surface area contributed by atoms with Crippen LogP contribution in [0.5, 0.6) is 0 Å². The molecule has 1 amide bonds. The number of amides is 1. The molecule has 4 heteroatoms. The fraction of sp³-hybridized carbons (Fsp3) is 0.174. The van der Waals surface area contributed by atoms with Gasteiger partial charge in [0.25, 0.3) is 5.91 Å². The average molecular weight is 377 g/mol. The summed E-state index contributed by atoms with van der Waals surface area (Å²) in [5.41, 5.74) is 4.49. The van der Waals surface area contributed by atoms with Gasteiger partial charge in [-0.2, -0.15) is 0 Å². The molecule has 1 aliphatic heterocycles. The lowest BCUT2D eigenvalue weighted by Crippen LogP contribution is -2.43. The van der Waals surface area contributed by atoms with Gasteiger partial charge in [0.2, 0.25) is 0 Å². The maximum Gasteiger partial charge on any atom is 0.262 e. The molecule has 0 spiro atoms. The molecule has 1 aliphatic rings. The molecular weight excluding hydrogens is 356 g/mol. The van der Waals surface area contributed by atoms with E-state index in [0.29, 0.717) is 10.6 Å². The smallest absolute Gasteiger partial charge is 0.262 e. The Morgan fingerprint density at radius 3 is 2.41 bits per heavy atom. The zero-order valence-corrected chi connectivity index (χ0v) is 15.9. The van der Waals surface area contributed by atoms with E-state index in [1.165, 1.54) is 5.56 Å². The highest BCUT2D eigenvalue weighted by molar-refractivity contribution is 6.31.